The molecule has 0 aliphatic rings. The van der Waals surface area contributed by atoms with Gasteiger partial charge in [-0.15, -0.1) is 11.8 Å². The summed E-state index contributed by atoms with van der Waals surface area (Å²) in [4.78, 5) is 3.35. The molecule has 15 heavy (non-hydrogen) atoms. The van der Waals surface area contributed by atoms with E-state index < -0.39 is 0 Å². The Kier molecular flexibility index (Phi) is 5.23. The van der Waals surface area contributed by atoms with Crippen molar-refractivity contribution in [1.82, 2.24) is 4.90 Å². The topological polar surface area (TPSA) is 27.0 Å². The van der Waals surface area contributed by atoms with Gasteiger partial charge >= 0.3 is 0 Å². The van der Waals surface area contributed by atoms with Gasteiger partial charge in [0.05, 0.1) is 12.1 Å². The zero-order chi connectivity index (χ0) is 11.1. The summed E-state index contributed by atoms with van der Waals surface area (Å²) < 4.78 is 0. The summed E-state index contributed by atoms with van der Waals surface area (Å²) in [5, 5.41) is 8.72. The lowest BCUT2D eigenvalue weighted by Crippen LogP contribution is -2.29. The molecule has 0 aliphatic carbocycles. The second-order valence-corrected chi connectivity index (χ2v) is 4.62. The molecule has 2 nitrogen and oxygen atoms in total. The normalized spacial score (nSPS) is 12.4. The van der Waals surface area contributed by atoms with E-state index in [1.54, 1.807) is 0 Å². The van der Waals surface area contributed by atoms with Crippen molar-refractivity contribution in [3.63, 3.8) is 0 Å². The Bertz CT molecular complexity index is 318. The van der Waals surface area contributed by atoms with E-state index in [-0.39, 0.29) is 6.04 Å². The predicted octanol–water partition coefficient (Wildman–Crippen LogP) is 2.62. The van der Waals surface area contributed by atoms with E-state index in [4.69, 9.17) is 5.26 Å². The fraction of sp³-hybridized carbons (Fsp3) is 0.417. The van der Waals surface area contributed by atoms with Crippen LogP contribution >= 0.6 is 11.8 Å². The molecule has 0 bridgehead atoms. The van der Waals surface area contributed by atoms with Crippen LogP contribution in [0.5, 0.6) is 0 Å². The first-order valence-corrected chi connectivity index (χ1v) is 6.00. The van der Waals surface area contributed by atoms with Gasteiger partial charge in [-0.25, -0.2) is 0 Å². The molecule has 0 spiro atoms. The summed E-state index contributed by atoms with van der Waals surface area (Å²) >= 11 is 1.83. The second kappa shape index (κ2) is 6.49. The Balaban J connectivity index is 2.26. The highest BCUT2D eigenvalue weighted by molar-refractivity contribution is 7.99. The molecular weight excluding hydrogens is 204 g/mol. The lowest BCUT2D eigenvalue weighted by molar-refractivity contribution is 0.322. The molecule has 0 amide bonds. The van der Waals surface area contributed by atoms with E-state index in [9.17, 15) is 0 Å². The molecule has 1 aromatic carbocycles. The molecule has 0 fully saturated rings. The van der Waals surface area contributed by atoms with Crippen molar-refractivity contribution in [2.75, 3.05) is 19.3 Å². The van der Waals surface area contributed by atoms with Crippen LogP contribution < -0.4 is 0 Å². The molecule has 1 unspecified atom stereocenters. The highest BCUT2D eigenvalue weighted by Crippen LogP contribution is 2.16. The van der Waals surface area contributed by atoms with E-state index in [0.717, 1.165) is 12.3 Å². The second-order valence-electron chi connectivity index (χ2n) is 3.45. The molecule has 0 aromatic heterocycles. The van der Waals surface area contributed by atoms with Crippen LogP contribution in [0.1, 0.15) is 6.92 Å². The number of benzene rings is 1. The molecule has 1 rings (SSSR count). The maximum atomic E-state index is 8.72. The van der Waals surface area contributed by atoms with Gasteiger partial charge in [0, 0.05) is 17.2 Å². The molecule has 80 valence electrons. The minimum Gasteiger partial charge on any atom is -0.291 e. The fourth-order valence-corrected chi connectivity index (χ4v) is 2.08. The summed E-state index contributed by atoms with van der Waals surface area (Å²) in [6.45, 7) is 2.86. The van der Waals surface area contributed by atoms with Gasteiger partial charge in [-0.05, 0) is 26.1 Å². The monoisotopic (exact) mass is 220 g/mol. The zero-order valence-corrected chi connectivity index (χ0v) is 10.00. The minimum absolute atomic E-state index is 0.00127. The first-order chi connectivity index (χ1) is 7.24. The van der Waals surface area contributed by atoms with Crippen LogP contribution in [0, 0.1) is 11.3 Å². The smallest absolute Gasteiger partial charge is 0.0947 e. The number of thioether (sulfide) groups is 1. The summed E-state index contributed by atoms with van der Waals surface area (Å²) in [5.41, 5.74) is 0. The van der Waals surface area contributed by atoms with E-state index >= 15 is 0 Å². The quantitative estimate of drug-likeness (QED) is 0.714. The van der Waals surface area contributed by atoms with Gasteiger partial charge in [-0.1, -0.05) is 18.2 Å². The lowest BCUT2D eigenvalue weighted by Gasteiger charge is -2.18. The Hall–Kier alpha value is -0.980. The van der Waals surface area contributed by atoms with E-state index in [1.165, 1.54) is 4.90 Å². The van der Waals surface area contributed by atoms with E-state index in [2.05, 4.69) is 23.1 Å². The molecule has 1 atom stereocenters. The van der Waals surface area contributed by atoms with Crippen LogP contribution in [-0.2, 0) is 0 Å². The largest absolute Gasteiger partial charge is 0.291 e. The Morgan fingerprint density at radius 2 is 2.07 bits per heavy atom. The minimum atomic E-state index is 0.00127. The third kappa shape index (κ3) is 4.37. The van der Waals surface area contributed by atoms with Crippen LogP contribution in [0.2, 0.25) is 0 Å². The SMILES string of the molecule is CC(C#N)N(C)CCSc1ccccc1. The maximum Gasteiger partial charge on any atom is 0.0947 e. The molecule has 0 aliphatic heterocycles. The standard InChI is InChI=1S/C12H16N2S/c1-11(10-13)14(2)8-9-15-12-6-4-3-5-7-12/h3-7,11H,8-9H2,1-2H3. The van der Waals surface area contributed by atoms with Crippen LogP contribution in [0.15, 0.2) is 35.2 Å². The van der Waals surface area contributed by atoms with E-state index in [1.807, 2.05) is 43.9 Å². The van der Waals surface area contributed by atoms with E-state index in [0.29, 0.717) is 0 Å². The molecule has 0 heterocycles. The first-order valence-electron chi connectivity index (χ1n) is 5.01. The van der Waals surface area contributed by atoms with Crippen molar-refractivity contribution in [1.29, 1.82) is 5.26 Å². The predicted molar refractivity (Wildman–Crippen MR) is 64.9 cm³/mol. The highest BCUT2D eigenvalue weighted by Gasteiger charge is 2.06. The van der Waals surface area contributed by atoms with Crippen LogP contribution in [0.25, 0.3) is 0 Å². The number of hydrogen-bond donors (Lipinski definition) is 0. The lowest BCUT2D eigenvalue weighted by atomic mass is 10.3. The molecule has 1 aromatic rings. The molecular formula is C12H16N2S. The van der Waals surface area contributed by atoms with Crippen LogP contribution in [0.4, 0.5) is 0 Å². The van der Waals surface area contributed by atoms with Gasteiger partial charge < -0.3 is 0 Å². The Labute approximate surface area is 95.9 Å². The van der Waals surface area contributed by atoms with Crippen LogP contribution in [0.3, 0.4) is 0 Å². The molecule has 0 saturated carbocycles. The summed E-state index contributed by atoms with van der Waals surface area (Å²) in [6, 6.07) is 12.6. The number of rotatable bonds is 5. The molecule has 0 saturated heterocycles. The number of nitriles is 1. The fourth-order valence-electron chi connectivity index (χ4n) is 1.12. The number of nitrogens with zero attached hydrogens (tertiary/aromatic N) is 2. The van der Waals surface area contributed by atoms with Crippen molar-refractivity contribution in [2.24, 2.45) is 0 Å². The van der Waals surface area contributed by atoms with Gasteiger partial charge in [0.25, 0.3) is 0 Å². The molecule has 3 heteroatoms. The van der Waals surface area contributed by atoms with Crippen molar-refractivity contribution < 1.29 is 0 Å². The first kappa shape index (κ1) is 12.1. The summed E-state index contributed by atoms with van der Waals surface area (Å²) in [6.07, 6.45) is 0. The van der Waals surface area contributed by atoms with Gasteiger partial charge in [-0.3, -0.25) is 4.90 Å². The van der Waals surface area contributed by atoms with Gasteiger partial charge in [0.2, 0.25) is 0 Å². The average molecular weight is 220 g/mol. The maximum absolute atomic E-state index is 8.72. The molecule has 0 N–H and O–H groups in total. The molecule has 0 radical (unpaired) electrons. The average Bonchev–Trinajstić information content (AvgIpc) is 2.29. The van der Waals surface area contributed by atoms with Gasteiger partial charge in [0.15, 0.2) is 0 Å². The van der Waals surface area contributed by atoms with Gasteiger partial charge in [-0.2, -0.15) is 5.26 Å². The summed E-state index contributed by atoms with van der Waals surface area (Å²) in [5.74, 6) is 1.02. The Morgan fingerprint density at radius 1 is 1.40 bits per heavy atom. The van der Waals surface area contributed by atoms with Crippen molar-refractivity contribution >= 4 is 11.8 Å². The zero-order valence-electron chi connectivity index (χ0n) is 9.18. The van der Waals surface area contributed by atoms with Gasteiger partial charge in [0.1, 0.15) is 0 Å². The third-order valence-electron chi connectivity index (χ3n) is 2.30. The Morgan fingerprint density at radius 3 is 2.67 bits per heavy atom. The number of hydrogen-bond acceptors (Lipinski definition) is 3. The highest BCUT2D eigenvalue weighted by atomic mass is 32.2. The van der Waals surface area contributed by atoms with Crippen molar-refractivity contribution in [3.05, 3.63) is 30.3 Å². The van der Waals surface area contributed by atoms with Crippen molar-refractivity contribution in [3.8, 4) is 6.07 Å². The summed E-state index contributed by atoms with van der Waals surface area (Å²) in [7, 11) is 1.99. The third-order valence-corrected chi connectivity index (χ3v) is 3.30. The van der Waals surface area contributed by atoms with Crippen LogP contribution in [-0.4, -0.2) is 30.3 Å². The van der Waals surface area contributed by atoms with Crippen molar-refractivity contribution in [2.45, 2.75) is 17.9 Å².